The van der Waals surface area contributed by atoms with Crippen molar-refractivity contribution in [2.45, 2.75) is 30.2 Å². The normalized spacial score (nSPS) is 15.0. The van der Waals surface area contributed by atoms with E-state index in [1.807, 2.05) is 43.3 Å². The molecule has 1 atom stereocenters. The van der Waals surface area contributed by atoms with Crippen LogP contribution < -0.4 is 15.6 Å². The maximum atomic E-state index is 13.0. The van der Waals surface area contributed by atoms with Crippen molar-refractivity contribution in [2.75, 3.05) is 11.9 Å². The largest absolute Gasteiger partial charge is 0.481 e. The molecular weight excluding hydrogens is 410 g/mol. The van der Waals surface area contributed by atoms with E-state index in [1.54, 1.807) is 12.1 Å². The van der Waals surface area contributed by atoms with Gasteiger partial charge in [0, 0.05) is 18.1 Å². The molecule has 0 saturated carbocycles. The third-order valence-corrected chi connectivity index (χ3v) is 6.08. The molecule has 156 valence electrons. The quantitative estimate of drug-likeness (QED) is 0.352. The highest BCUT2D eigenvalue weighted by atomic mass is 32.2. The van der Waals surface area contributed by atoms with Gasteiger partial charge in [0.2, 0.25) is 5.91 Å². The summed E-state index contributed by atoms with van der Waals surface area (Å²) in [6, 6.07) is 15.3. The molecule has 0 saturated heterocycles. The number of fused-ring (bicyclic) bond motifs is 1. The monoisotopic (exact) mass is 431 g/mol. The van der Waals surface area contributed by atoms with Crippen LogP contribution >= 0.6 is 11.8 Å². The Balaban J connectivity index is 1.60. The van der Waals surface area contributed by atoms with Gasteiger partial charge in [0.05, 0.1) is 5.56 Å². The Bertz CT molecular complexity index is 1210. The second kappa shape index (κ2) is 9.11. The molecule has 1 amide bonds. The Morgan fingerprint density at radius 1 is 1.19 bits per heavy atom. The van der Waals surface area contributed by atoms with E-state index >= 15 is 0 Å². The van der Waals surface area contributed by atoms with E-state index in [1.165, 1.54) is 22.9 Å². The molecule has 7 heteroatoms. The van der Waals surface area contributed by atoms with Crippen molar-refractivity contribution in [3.63, 3.8) is 0 Å². The molecule has 2 aromatic carbocycles. The number of rotatable bonds is 6. The molecule has 1 aliphatic heterocycles. The number of ether oxygens (including phenoxy) is 1. The lowest BCUT2D eigenvalue weighted by molar-refractivity contribution is -0.116. The second-order valence-electron chi connectivity index (χ2n) is 7.22. The number of terminal acetylenes is 1. The topological polar surface area (TPSA) is 84.1 Å². The first-order valence-corrected chi connectivity index (χ1v) is 10.8. The van der Waals surface area contributed by atoms with Crippen LogP contribution in [0, 0.1) is 19.3 Å². The Morgan fingerprint density at radius 2 is 1.97 bits per heavy atom. The van der Waals surface area contributed by atoms with Gasteiger partial charge in [-0.3, -0.25) is 9.59 Å². The van der Waals surface area contributed by atoms with Crippen molar-refractivity contribution in [3.8, 4) is 18.1 Å². The maximum absolute atomic E-state index is 13.0. The summed E-state index contributed by atoms with van der Waals surface area (Å²) in [5.41, 5.74) is 3.42. The standard InChI is InChI=1S/C24H21N3O3S/c1-3-12-30-18-10-8-16(9-11-18)19-13-20(28)25-22-21(19)23(29)27-24(26-22)31-14-17-7-5-4-6-15(17)2/h1,4-11,19H,12-14H2,2H3,(H2,25,26,27,28,29)/t19-/m1/s1. The van der Waals surface area contributed by atoms with Crippen LogP contribution in [0.25, 0.3) is 0 Å². The number of H-pyrrole nitrogens is 1. The van der Waals surface area contributed by atoms with Crippen LogP contribution in [0.1, 0.15) is 34.6 Å². The third kappa shape index (κ3) is 4.65. The molecule has 3 aromatic rings. The Morgan fingerprint density at radius 3 is 2.71 bits per heavy atom. The summed E-state index contributed by atoms with van der Waals surface area (Å²) < 4.78 is 5.40. The van der Waals surface area contributed by atoms with E-state index in [0.717, 1.165) is 5.56 Å². The number of anilines is 1. The molecule has 2 heterocycles. The maximum Gasteiger partial charge on any atom is 0.257 e. The number of nitrogens with one attached hydrogen (secondary N) is 2. The fraction of sp³-hybridized carbons (Fsp3) is 0.208. The number of thioether (sulfide) groups is 1. The Hall–Kier alpha value is -3.50. The van der Waals surface area contributed by atoms with E-state index in [2.05, 4.69) is 21.2 Å². The molecule has 0 aliphatic carbocycles. The number of carbonyl (C=O) groups excluding carboxylic acids is 1. The summed E-state index contributed by atoms with van der Waals surface area (Å²) in [6.45, 7) is 2.23. The fourth-order valence-electron chi connectivity index (χ4n) is 3.54. The highest BCUT2D eigenvalue weighted by Gasteiger charge is 2.31. The Kier molecular flexibility index (Phi) is 6.10. The van der Waals surface area contributed by atoms with Crippen LogP contribution in [0.2, 0.25) is 0 Å². The first-order valence-electron chi connectivity index (χ1n) is 9.82. The average Bonchev–Trinajstić information content (AvgIpc) is 2.76. The summed E-state index contributed by atoms with van der Waals surface area (Å²) >= 11 is 1.43. The molecular formula is C24H21N3O3S. The molecule has 0 radical (unpaired) electrons. The molecule has 2 N–H and O–H groups in total. The van der Waals surface area contributed by atoms with Gasteiger partial charge >= 0.3 is 0 Å². The predicted molar refractivity (Wildman–Crippen MR) is 121 cm³/mol. The highest BCUT2D eigenvalue weighted by molar-refractivity contribution is 7.98. The summed E-state index contributed by atoms with van der Waals surface area (Å²) in [6.07, 6.45) is 5.39. The highest BCUT2D eigenvalue weighted by Crippen LogP contribution is 2.35. The van der Waals surface area contributed by atoms with E-state index in [0.29, 0.717) is 28.0 Å². The average molecular weight is 432 g/mol. The minimum atomic E-state index is -0.378. The van der Waals surface area contributed by atoms with E-state index in [-0.39, 0.29) is 30.4 Å². The zero-order chi connectivity index (χ0) is 21.8. The number of hydrogen-bond acceptors (Lipinski definition) is 5. The Labute approximate surface area is 184 Å². The van der Waals surface area contributed by atoms with Crippen LogP contribution in [0.4, 0.5) is 5.82 Å². The lowest BCUT2D eigenvalue weighted by Gasteiger charge is -2.24. The van der Waals surface area contributed by atoms with Crippen LogP contribution in [0.5, 0.6) is 5.75 Å². The zero-order valence-electron chi connectivity index (χ0n) is 17.0. The SMILES string of the molecule is C#CCOc1ccc([C@H]2CC(=O)Nc3nc(SCc4ccccc4C)[nH]c(=O)c32)cc1. The van der Waals surface area contributed by atoms with Crippen LogP contribution in [0.3, 0.4) is 0 Å². The minimum Gasteiger partial charge on any atom is -0.481 e. The number of amides is 1. The zero-order valence-corrected chi connectivity index (χ0v) is 17.8. The molecule has 0 unspecified atom stereocenters. The van der Waals surface area contributed by atoms with Gasteiger partial charge in [-0.25, -0.2) is 4.98 Å². The predicted octanol–water partition coefficient (Wildman–Crippen LogP) is 3.86. The third-order valence-electron chi connectivity index (χ3n) is 5.16. The van der Waals surface area contributed by atoms with Crippen molar-refractivity contribution in [1.82, 2.24) is 9.97 Å². The van der Waals surface area contributed by atoms with Crippen LogP contribution in [-0.2, 0) is 10.5 Å². The van der Waals surface area contributed by atoms with Gasteiger partial charge in [0.15, 0.2) is 5.16 Å². The van der Waals surface area contributed by atoms with Gasteiger partial charge in [-0.15, -0.1) is 6.42 Å². The fourth-order valence-corrected chi connectivity index (χ4v) is 4.48. The van der Waals surface area contributed by atoms with E-state index in [9.17, 15) is 9.59 Å². The molecule has 6 nitrogen and oxygen atoms in total. The van der Waals surface area contributed by atoms with Crippen molar-refractivity contribution >= 4 is 23.5 Å². The van der Waals surface area contributed by atoms with Crippen molar-refractivity contribution in [2.24, 2.45) is 0 Å². The first kappa shape index (κ1) is 20.8. The smallest absolute Gasteiger partial charge is 0.257 e. The number of aromatic amines is 1. The van der Waals surface area contributed by atoms with Crippen molar-refractivity contribution < 1.29 is 9.53 Å². The van der Waals surface area contributed by atoms with Crippen LogP contribution in [0.15, 0.2) is 58.5 Å². The van der Waals surface area contributed by atoms with Gasteiger partial charge in [-0.1, -0.05) is 54.1 Å². The van der Waals surface area contributed by atoms with Gasteiger partial charge < -0.3 is 15.0 Å². The van der Waals surface area contributed by atoms with E-state index < -0.39 is 0 Å². The van der Waals surface area contributed by atoms with Gasteiger partial charge in [0.1, 0.15) is 18.2 Å². The number of nitrogens with zero attached hydrogens (tertiary/aromatic N) is 1. The van der Waals surface area contributed by atoms with Gasteiger partial charge in [0.25, 0.3) is 5.56 Å². The molecule has 31 heavy (non-hydrogen) atoms. The number of benzene rings is 2. The summed E-state index contributed by atoms with van der Waals surface area (Å²) in [5, 5.41) is 3.24. The molecule has 0 spiro atoms. The molecule has 0 fully saturated rings. The lowest BCUT2D eigenvalue weighted by atomic mass is 9.87. The molecule has 1 aliphatic rings. The first-order chi connectivity index (χ1) is 15.0. The summed E-state index contributed by atoms with van der Waals surface area (Å²) in [4.78, 5) is 32.7. The molecule has 0 bridgehead atoms. The summed E-state index contributed by atoms with van der Waals surface area (Å²) in [5.74, 6) is 3.50. The number of aryl methyl sites for hydroxylation is 1. The minimum absolute atomic E-state index is 0.168. The molecule has 4 rings (SSSR count). The second-order valence-corrected chi connectivity index (χ2v) is 8.18. The summed E-state index contributed by atoms with van der Waals surface area (Å²) in [7, 11) is 0. The number of aromatic nitrogens is 2. The van der Waals surface area contributed by atoms with Crippen molar-refractivity contribution in [3.05, 3.63) is 81.1 Å². The van der Waals surface area contributed by atoms with Gasteiger partial charge in [-0.05, 0) is 35.7 Å². The lowest BCUT2D eigenvalue weighted by Crippen LogP contribution is -2.31. The van der Waals surface area contributed by atoms with Gasteiger partial charge in [-0.2, -0.15) is 0 Å². The molecule has 1 aromatic heterocycles. The van der Waals surface area contributed by atoms with Crippen molar-refractivity contribution in [1.29, 1.82) is 0 Å². The number of carbonyl (C=O) groups is 1. The number of hydrogen-bond donors (Lipinski definition) is 2. The van der Waals surface area contributed by atoms with E-state index in [4.69, 9.17) is 11.2 Å². The van der Waals surface area contributed by atoms with Crippen LogP contribution in [-0.4, -0.2) is 22.5 Å².